The summed E-state index contributed by atoms with van der Waals surface area (Å²) >= 11 is 0. The van der Waals surface area contributed by atoms with Crippen LogP contribution in [0.2, 0.25) is 0 Å². The Balaban J connectivity index is 2.31. The topological polar surface area (TPSA) is 55.1 Å². The lowest BCUT2D eigenvalue weighted by molar-refractivity contribution is 0.0678. The molecular weight excluding hydrogens is 192 g/mol. The number of nitrogens with zero attached hydrogens (tertiary/aromatic N) is 2. The van der Waals surface area contributed by atoms with E-state index in [1.165, 1.54) is 25.5 Å². The van der Waals surface area contributed by atoms with E-state index >= 15 is 0 Å². The molecule has 0 saturated carbocycles. The minimum absolute atomic E-state index is 0.144. The Hall–Kier alpha value is -1.32. The number of carboxylic acids is 1. The molecule has 1 heterocycles. The summed E-state index contributed by atoms with van der Waals surface area (Å²) in [5.41, 5.74) is 0. The van der Waals surface area contributed by atoms with Gasteiger partial charge in [0.2, 0.25) is 5.82 Å². The summed E-state index contributed by atoms with van der Waals surface area (Å²) in [6, 6.07) is 0. The van der Waals surface area contributed by atoms with Gasteiger partial charge in [0.1, 0.15) is 0 Å². The predicted molar refractivity (Wildman–Crippen MR) is 57.9 cm³/mol. The van der Waals surface area contributed by atoms with Crippen LogP contribution in [-0.2, 0) is 6.54 Å². The second-order valence-electron chi connectivity index (χ2n) is 3.66. The van der Waals surface area contributed by atoms with E-state index in [1.807, 2.05) is 0 Å². The van der Waals surface area contributed by atoms with Crippen LogP contribution in [0.4, 0.5) is 0 Å². The molecule has 1 aromatic rings. The van der Waals surface area contributed by atoms with Crippen LogP contribution in [0, 0.1) is 0 Å². The molecule has 84 valence electrons. The molecule has 0 aliphatic carbocycles. The van der Waals surface area contributed by atoms with Gasteiger partial charge in [-0.1, -0.05) is 32.6 Å². The average Bonchev–Trinajstić information content (AvgIpc) is 2.66. The smallest absolute Gasteiger partial charge is 0.372 e. The standard InChI is InChI=1S/C11H18N2O2/c1-2-3-4-5-6-8-13-9-7-12-10(13)11(14)15/h7,9H,2-6,8H2,1H3,(H,14,15). The molecule has 1 aromatic heterocycles. The third-order valence-electron chi connectivity index (χ3n) is 2.41. The molecule has 0 saturated heterocycles. The van der Waals surface area contributed by atoms with Crippen LogP contribution in [0.3, 0.4) is 0 Å². The molecule has 0 aliphatic rings. The normalized spacial score (nSPS) is 10.5. The minimum atomic E-state index is -0.950. The van der Waals surface area contributed by atoms with Crippen molar-refractivity contribution in [2.24, 2.45) is 0 Å². The van der Waals surface area contributed by atoms with Crippen molar-refractivity contribution in [2.75, 3.05) is 0 Å². The highest BCUT2D eigenvalue weighted by atomic mass is 16.4. The first-order valence-corrected chi connectivity index (χ1v) is 5.50. The van der Waals surface area contributed by atoms with E-state index in [0.29, 0.717) is 0 Å². The Morgan fingerprint density at radius 1 is 1.40 bits per heavy atom. The largest absolute Gasteiger partial charge is 0.475 e. The second-order valence-corrected chi connectivity index (χ2v) is 3.66. The van der Waals surface area contributed by atoms with E-state index in [2.05, 4.69) is 11.9 Å². The van der Waals surface area contributed by atoms with E-state index in [0.717, 1.165) is 19.4 Å². The van der Waals surface area contributed by atoms with Crippen molar-refractivity contribution in [1.29, 1.82) is 0 Å². The molecule has 0 bridgehead atoms. The van der Waals surface area contributed by atoms with Gasteiger partial charge in [-0.2, -0.15) is 0 Å². The maximum absolute atomic E-state index is 10.7. The molecule has 0 fully saturated rings. The number of carbonyl (C=O) groups is 1. The molecule has 1 rings (SSSR count). The predicted octanol–water partition coefficient (Wildman–Crippen LogP) is 2.55. The van der Waals surface area contributed by atoms with Crippen molar-refractivity contribution in [3.63, 3.8) is 0 Å². The van der Waals surface area contributed by atoms with Gasteiger partial charge in [-0.25, -0.2) is 9.78 Å². The quantitative estimate of drug-likeness (QED) is 0.703. The number of aromatic carboxylic acids is 1. The number of rotatable bonds is 7. The zero-order valence-corrected chi connectivity index (χ0v) is 9.15. The highest BCUT2D eigenvalue weighted by Gasteiger charge is 2.09. The summed E-state index contributed by atoms with van der Waals surface area (Å²) in [5.74, 6) is -0.806. The Morgan fingerprint density at radius 2 is 2.13 bits per heavy atom. The maximum Gasteiger partial charge on any atom is 0.372 e. The molecule has 0 aliphatic heterocycles. The van der Waals surface area contributed by atoms with Gasteiger partial charge in [-0.15, -0.1) is 0 Å². The number of hydrogen-bond donors (Lipinski definition) is 1. The summed E-state index contributed by atoms with van der Waals surface area (Å²) in [7, 11) is 0. The number of aryl methyl sites for hydroxylation is 1. The fourth-order valence-electron chi connectivity index (χ4n) is 1.57. The van der Waals surface area contributed by atoms with Crippen LogP contribution < -0.4 is 0 Å². The van der Waals surface area contributed by atoms with Crippen LogP contribution in [0.5, 0.6) is 0 Å². The van der Waals surface area contributed by atoms with Crippen molar-refractivity contribution in [3.8, 4) is 0 Å². The molecule has 0 aromatic carbocycles. The summed E-state index contributed by atoms with van der Waals surface area (Å²) in [4.78, 5) is 14.5. The lowest BCUT2D eigenvalue weighted by atomic mass is 10.1. The van der Waals surface area contributed by atoms with Gasteiger partial charge in [0.15, 0.2) is 0 Å². The molecule has 1 N–H and O–H groups in total. The maximum atomic E-state index is 10.7. The van der Waals surface area contributed by atoms with Crippen LogP contribution in [0.1, 0.15) is 49.6 Å². The monoisotopic (exact) mass is 210 g/mol. The Bertz CT molecular complexity index is 307. The van der Waals surface area contributed by atoms with Crippen molar-refractivity contribution in [3.05, 3.63) is 18.2 Å². The molecule has 0 radical (unpaired) electrons. The lowest BCUT2D eigenvalue weighted by Crippen LogP contribution is -2.09. The van der Waals surface area contributed by atoms with Crippen molar-refractivity contribution in [2.45, 2.75) is 45.6 Å². The number of imidazole rings is 1. The van der Waals surface area contributed by atoms with E-state index in [4.69, 9.17) is 5.11 Å². The molecule has 15 heavy (non-hydrogen) atoms. The van der Waals surface area contributed by atoms with Gasteiger partial charge < -0.3 is 9.67 Å². The molecule has 0 spiro atoms. The number of carboxylic acid groups (broad SMARTS) is 1. The van der Waals surface area contributed by atoms with Crippen LogP contribution in [0.25, 0.3) is 0 Å². The van der Waals surface area contributed by atoms with Crippen molar-refractivity contribution >= 4 is 5.97 Å². The highest BCUT2D eigenvalue weighted by Crippen LogP contribution is 2.06. The van der Waals surface area contributed by atoms with Crippen molar-refractivity contribution < 1.29 is 9.90 Å². The number of unbranched alkanes of at least 4 members (excludes halogenated alkanes) is 4. The summed E-state index contributed by atoms with van der Waals surface area (Å²) in [5, 5.41) is 8.81. The highest BCUT2D eigenvalue weighted by molar-refractivity contribution is 5.83. The van der Waals surface area contributed by atoms with Gasteiger partial charge in [0.25, 0.3) is 0 Å². The Labute approximate surface area is 89.9 Å². The van der Waals surface area contributed by atoms with Crippen LogP contribution >= 0.6 is 0 Å². The Morgan fingerprint density at radius 3 is 2.80 bits per heavy atom. The SMILES string of the molecule is CCCCCCCn1ccnc1C(=O)O. The first kappa shape index (κ1) is 11.8. The zero-order valence-electron chi connectivity index (χ0n) is 9.15. The fourth-order valence-corrected chi connectivity index (χ4v) is 1.57. The first-order valence-electron chi connectivity index (χ1n) is 5.50. The molecule has 0 atom stereocenters. The Kier molecular flexibility index (Phi) is 4.87. The number of aromatic nitrogens is 2. The summed E-state index contributed by atoms with van der Waals surface area (Å²) in [6.45, 7) is 2.93. The van der Waals surface area contributed by atoms with E-state index in [9.17, 15) is 4.79 Å². The van der Waals surface area contributed by atoms with Crippen LogP contribution in [0.15, 0.2) is 12.4 Å². The average molecular weight is 210 g/mol. The molecule has 0 amide bonds. The van der Waals surface area contributed by atoms with Crippen molar-refractivity contribution in [1.82, 2.24) is 9.55 Å². The molecular formula is C11H18N2O2. The van der Waals surface area contributed by atoms with Gasteiger partial charge in [0, 0.05) is 18.9 Å². The second kappa shape index (κ2) is 6.22. The van der Waals surface area contributed by atoms with Crippen LogP contribution in [-0.4, -0.2) is 20.6 Å². The third kappa shape index (κ3) is 3.73. The lowest BCUT2D eigenvalue weighted by Gasteiger charge is -2.04. The van der Waals surface area contributed by atoms with E-state index < -0.39 is 5.97 Å². The summed E-state index contributed by atoms with van der Waals surface area (Å²) in [6.07, 6.45) is 9.16. The third-order valence-corrected chi connectivity index (χ3v) is 2.41. The zero-order chi connectivity index (χ0) is 11.1. The fraction of sp³-hybridized carbons (Fsp3) is 0.636. The van der Waals surface area contributed by atoms with Gasteiger partial charge in [-0.05, 0) is 6.42 Å². The minimum Gasteiger partial charge on any atom is -0.475 e. The summed E-state index contributed by atoms with van der Waals surface area (Å²) < 4.78 is 1.70. The molecule has 4 nitrogen and oxygen atoms in total. The molecule has 0 unspecified atom stereocenters. The van der Waals surface area contributed by atoms with E-state index in [-0.39, 0.29) is 5.82 Å². The molecule has 4 heteroatoms. The van der Waals surface area contributed by atoms with Gasteiger partial charge in [0.05, 0.1) is 0 Å². The number of hydrogen-bond acceptors (Lipinski definition) is 2. The van der Waals surface area contributed by atoms with Gasteiger partial charge in [-0.3, -0.25) is 0 Å². The first-order chi connectivity index (χ1) is 7.25. The van der Waals surface area contributed by atoms with Gasteiger partial charge >= 0.3 is 5.97 Å². The van der Waals surface area contributed by atoms with E-state index in [1.54, 1.807) is 10.8 Å².